The molecule has 108 valence electrons. The average molecular weight is 356 g/mol. The van der Waals surface area contributed by atoms with Gasteiger partial charge in [0.15, 0.2) is 0 Å². The quantitative estimate of drug-likeness (QED) is 0.415. The summed E-state index contributed by atoms with van der Waals surface area (Å²) in [5, 5.41) is 13.3. The summed E-state index contributed by atoms with van der Waals surface area (Å²) in [6.45, 7) is 0. The number of nitro benzene ring substituents is 1. The van der Waals surface area contributed by atoms with Crippen molar-refractivity contribution in [2.75, 3.05) is 0 Å². The lowest BCUT2D eigenvalue weighted by atomic mass is 10.2. The van der Waals surface area contributed by atoms with E-state index in [2.05, 4.69) is 20.9 Å². The van der Waals surface area contributed by atoms with Gasteiger partial charge in [-0.15, -0.1) is 0 Å². The van der Waals surface area contributed by atoms with Crippen LogP contribution in [0, 0.1) is 10.1 Å². The first-order chi connectivity index (χ1) is 10.7. The van der Waals surface area contributed by atoms with Crippen molar-refractivity contribution in [1.29, 1.82) is 0 Å². The first-order valence-corrected chi connectivity index (χ1v) is 7.46. The normalized spacial score (nSPS) is 11.3. The monoisotopic (exact) mass is 355 g/mol. The third-order valence-corrected chi connectivity index (χ3v) is 4.41. The molecule has 6 heteroatoms. The molecular formula is C16H10BrN3O2. The Morgan fingerprint density at radius 2 is 1.95 bits per heavy atom. The Hall–Kier alpha value is -2.60. The lowest BCUT2D eigenvalue weighted by molar-refractivity contribution is -0.383. The van der Waals surface area contributed by atoms with Gasteiger partial charge >= 0.3 is 0 Å². The van der Waals surface area contributed by atoms with Crippen LogP contribution in [0.4, 0.5) is 5.69 Å². The summed E-state index contributed by atoms with van der Waals surface area (Å²) in [5.74, 6) is 0. The predicted molar refractivity (Wildman–Crippen MR) is 89.5 cm³/mol. The summed E-state index contributed by atoms with van der Waals surface area (Å²) in [7, 11) is 0. The zero-order valence-corrected chi connectivity index (χ0v) is 12.9. The van der Waals surface area contributed by atoms with Crippen molar-refractivity contribution in [2.45, 2.75) is 0 Å². The zero-order chi connectivity index (χ0) is 15.3. The molecule has 4 rings (SSSR count). The maximum atomic E-state index is 11.4. The summed E-state index contributed by atoms with van der Waals surface area (Å²) >= 11 is 3.50. The van der Waals surface area contributed by atoms with Crippen LogP contribution in [0.25, 0.3) is 27.5 Å². The summed E-state index contributed by atoms with van der Waals surface area (Å²) in [5.41, 5.74) is 2.51. The molecule has 0 atom stereocenters. The highest BCUT2D eigenvalue weighted by molar-refractivity contribution is 9.10. The largest absolute Gasteiger partial charge is 0.359 e. The highest BCUT2D eigenvalue weighted by Crippen LogP contribution is 2.36. The van der Waals surface area contributed by atoms with Crippen LogP contribution in [-0.4, -0.2) is 14.5 Å². The minimum Gasteiger partial charge on any atom is -0.359 e. The first kappa shape index (κ1) is 13.1. The zero-order valence-electron chi connectivity index (χ0n) is 11.3. The van der Waals surface area contributed by atoms with Crippen molar-refractivity contribution >= 4 is 43.4 Å². The van der Waals surface area contributed by atoms with Gasteiger partial charge in [-0.25, -0.2) is 0 Å². The average Bonchev–Trinajstić information content (AvgIpc) is 3.11. The fourth-order valence-electron chi connectivity index (χ4n) is 2.83. The molecule has 0 fully saturated rings. The Morgan fingerprint density at radius 1 is 1.14 bits per heavy atom. The molecule has 0 radical (unpaired) electrons. The molecular weight excluding hydrogens is 346 g/mol. The SMILES string of the molecule is O=[N+]([O-])c1cccc2c(Br)cn(-c3cccc4cc[nH]c34)c12. The van der Waals surface area contributed by atoms with E-state index < -0.39 is 0 Å². The second-order valence-electron chi connectivity index (χ2n) is 5.00. The number of nitrogens with one attached hydrogen (secondary N) is 1. The summed E-state index contributed by atoms with van der Waals surface area (Å²) in [6.07, 6.45) is 3.73. The summed E-state index contributed by atoms with van der Waals surface area (Å²) in [4.78, 5) is 14.2. The van der Waals surface area contributed by atoms with Crippen LogP contribution in [-0.2, 0) is 0 Å². The van der Waals surface area contributed by atoms with Gasteiger partial charge in [0, 0.05) is 33.7 Å². The highest BCUT2D eigenvalue weighted by atomic mass is 79.9. The number of halogens is 1. The molecule has 0 aliphatic heterocycles. The summed E-state index contributed by atoms with van der Waals surface area (Å²) < 4.78 is 2.69. The van der Waals surface area contributed by atoms with E-state index in [0.29, 0.717) is 5.52 Å². The van der Waals surface area contributed by atoms with Crippen molar-refractivity contribution < 1.29 is 4.92 Å². The van der Waals surface area contributed by atoms with Crippen LogP contribution in [0.15, 0.2) is 59.3 Å². The van der Waals surface area contributed by atoms with Gasteiger partial charge in [-0.3, -0.25) is 10.1 Å². The third-order valence-electron chi connectivity index (χ3n) is 3.78. The van der Waals surface area contributed by atoms with Crippen molar-refractivity contribution in [2.24, 2.45) is 0 Å². The Bertz CT molecular complexity index is 1030. The number of non-ortho nitro benzene ring substituents is 1. The van der Waals surface area contributed by atoms with E-state index in [-0.39, 0.29) is 10.6 Å². The van der Waals surface area contributed by atoms with Gasteiger partial charge < -0.3 is 9.55 Å². The Balaban J connectivity index is 2.16. The number of para-hydroxylation sites is 2. The van der Waals surface area contributed by atoms with Crippen LogP contribution in [0.2, 0.25) is 0 Å². The number of rotatable bonds is 2. The van der Waals surface area contributed by atoms with Crippen molar-refractivity contribution in [1.82, 2.24) is 9.55 Å². The highest BCUT2D eigenvalue weighted by Gasteiger charge is 2.20. The Kier molecular flexibility index (Phi) is 2.80. The van der Waals surface area contributed by atoms with Crippen molar-refractivity contribution in [3.05, 3.63) is 69.4 Å². The van der Waals surface area contributed by atoms with E-state index in [0.717, 1.165) is 26.4 Å². The molecule has 1 N–H and O–H groups in total. The molecule has 0 bridgehead atoms. The topological polar surface area (TPSA) is 63.9 Å². The van der Waals surface area contributed by atoms with E-state index in [9.17, 15) is 10.1 Å². The van der Waals surface area contributed by atoms with E-state index in [1.165, 1.54) is 6.07 Å². The molecule has 2 heterocycles. The number of fused-ring (bicyclic) bond motifs is 2. The maximum absolute atomic E-state index is 11.4. The number of nitrogens with zero attached hydrogens (tertiary/aromatic N) is 2. The van der Waals surface area contributed by atoms with Crippen LogP contribution >= 0.6 is 15.9 Å². The molecule has 2 aromatic carbocycles. The Morgan fingerprint density at radius 3 is 2.77 bits per heavy atom. The van der Waals surface area contributed by atoms with Crippen LogP contribution in [0.3, 0.4) is 0 Å². The molecule has 22 heavy (non-hydrogen) atoms. The molecule has 0 aliphatic carbocycles. The van der Waals surface area contributed by atoms with Gasteiger partial charge in [0.1, 0.15) is 5.52 Å². The maximum Gasteiger partial charge on any atom is 0.293 e. The van der Waals surface area contributed by atoms with E-state index >= 15 is 0 Å². The van der Waals surface area contributed by atoms with Crippen LogP contribution < -0.4 is 0 Å². The minimum absolute atomic E-state index is 0.0896. The number of aromatic amines is 1. The van der Waals surface area contributed by atoms with Gasteiger partial charge in [-0.05, 0) is 28.1 Å². The molecule has 0 saturated heterocycles. The van der Waals surface area contributed by atoms with E-state index in [1.807, 2.05) is 47.3 Å². The third kappa shape index (κ3) is 1.77. The molecule has 4 aromatic rings. The van der Waals surface area contributed by atoms with Gasteiger partial charge in [0.25, 0.3) is 5.69 Å². The van der Waals surface area contributed by atoms with E-state index in [4.69, 9.17) is 0 Å². The molecule has 0 amide bonds. The second kappa shape index (κ2) is 4.71. The smallest absolute Gasteiger partial charge is 0.293 e. The fraction of sp³-hybridized carbons (Fsp3) is 0. The molecule has 0 aliphatic rings. The lowest BCUT2D eigenvalue weighted by Crippen LogP contribution is -1.97. The molecule has 0 saturated carbocycles. The number of nitro groups is 1. The van der Waals surface area contributed by atoms with Gasteiger partial charge in [-0.2, -0.15) is 0 Å². The van der Waals surface area contributed by atoms with Gasteiger partial charge in [-0.1, -0.05) is 24.3 Å². The second-order valence-corrected chi connectivity index (χ2v) is 5.85. The number of hydrogen-bond donors (Lipinski definition) is 1. The molecule has 0 spiro atoms. The van der Waals surface area contributed by atoms with Crippen molar-refractivity contribution in [3.8, 4) is 5.69 Å². The van der Waals surface area contributed by atoms with Gasteiger partial charge in [0.05, 0.1) is 16.1 Å². The minimum atomic E-state index is -0.347. The van der Waals surface area contributed by atoms with E-state index in [1.54, 1.807) is 6.07 Å². The standard InChI is InChI=1S/C16H10BrN3O2/c17-12-9-19(13-5-1-3-10-7-8-18-15(10)13)16-11(12)4-2-6-14(16)20(21)22/h1-9,18H. The molecule has 2 aromatic heterocycles. The van der Waals surface area contributed by atoms with Gasteiger partial charge in [0.2, 0.25) is 0 Å². The summed E-state index contributed by atoms with van der Waals surface area (Å²) in [6, 6.07) is 13.0. The van der Waals surface area contributed by atoms with Crippen LogP contribution in [0.5, 0.6) is 0 Å². The first-order valence-electron chi connectivity index (χ1n) is 6.67. The number of benzene rings is 2. The Labute approximate surface area is 133 Å². The number of aromatic nitrogens is 2. The molecule has 0 unspecified atom stereocenters. The number of H-pyrrole nitrogens is 1. The fourth-order valence-corrected chi connectivity index (χ4v) is 3.36. The predicted octanol–water partition coefficient (Wildman–Crippen LogP) is 4.78. The number of hydrogen-bond acceptors (Lipinski definition) is 2. The van der Waals surface area contributed by atoms with Crippen molar-refractivity contribution in [3.63, 3.8) is 0 Å². The van der Waals surface area contributed by atoms with Crippen LogP contribution in [0.1, 0.15) is 0 Å². The lowest BCUT2D eigenvalue weighted by Gasteiger charge is -2.07. The molecule has 5 nitrogen and oxygen atoms in total.